The Bertz CT molecular complexity index is 949. The average Bonchev–Trinajstić information content (AvgIpc) is 2.58. The van der Waals surface area contributed by atoms with Gasteiger partial charge >= 0.3 is 0 Å². The molecule has 0 atom stereocenters. The molecule has 0 radical (unpaired) electrons. The first-order chi connectivity index (χ1) is 10.9. The van der Waals surface area contributed by atoms with Gasteiger partial charge in [-0.1, -0.05) is 42.5 Å². The second-order valence-electron chi connectivity index (χ2n) is 5.69. The second kappa shape index (κ2) is 4.31. The largest absolute Gasteiger partial charge is 0.456 e. The van der Waals surface area contributed by atoms with E-state index in [9.17, 15) is 0 Å². The molecule has 2 aliphatic heterocycles. The Labute approximate surface area is 128 Å². The third-order valence-corrected chi connectivity index (χ3v) is 4.30. The zero-order valence-corrected chi connectivity index (χ0v) is 11.9. The van der Waals surface area contributed by atoms with Gasteiger partial charge in [-0.15, -0.1) is 0 Å². The Hall–Kier alpha value is -2.87. The summed E-state index contributed by atoms with van der Waals surface area (Å²) in [6, 6.07) is 20.6. The van der Waals surface area contributed by atoms with Crippen molar-refractivity contribution >= 4 is 11.8 Å². The molecule has 2 aliphatic rings. The number of benzene rings is 3. The summed E-state index contributed by atoms with van der Waals surface area (Å²) in [5, 5.41) is 2.14. The number of nitrogens with zero attached hydrogens (tertiary/aromatic N) is 1. The summed E-state index contributed by atoms with van der Waals surface area (Å²) in [5.41, 5.74) is 4.72. The van der Waals surface area contributed by atoms with Crippen LogP contribution in [0.2, 0.25) is 0 Å². The summed E-state index contributed by atoms with van der Waals surface area (Å²) in [5.74, 6) is 1.80. The van der Waals surface area contributed by atoms with Crippen LogP contribution in [0.5, 0.6) is 11.5 Å². The molecule has 22 heavy (non-hydrogen) atoms. The molecule has 0 N–H and O–H groups in total. The third-order valence-electron chi connectivity index (χ3n) is 4.30. The SMILES string of the molecule is C1=c2c(ccc3c2=Nc2ccccc2C3)Oc2ccccc21. The van der Waals surface area contributed by atoms with Crippen molar-refractivity contribution in [1.82, 2.24) is 0 Å². The van der Waals surface area contributed by atoms with Gasteiger partial charge in [0, 0.05) is 17.2 Å². The van der Waals surface area contributed by atoms with Crippen LogP contribution in [0.3, 0.4) is 0 Å². The Balaban J connectivity index is 1.86. The van der Waals surface area contributed by atoms with Crippen LogP contribution in [0.4, 0.5) is 5.69 Å². The summed E-state index contributed by atoms with van der Waals surface area (Å²) in [6.45, 7) is 0. The maximum Gasteiger partial charge on any atom is 0.136 e. The van der Waals surface area contributed by atoms with Crippen LogP contribution < -0.4 is 15.3 Å². The predicted molar refractivity (Wildman–Crippen MR) is 86.2 cm³/mol. The molecule has 3 aromatic carbocycles. The lowest BCUT2D eigenvalue weighted by Crippen LogP contribution is -2.33. The van der Waals surface area contributed by atoms with Crippen LogP contribution in [-0.2, 0) is 6.42 Å². The molecule has 2 heterocycles. The van der Waals surface area contributed by atoms with Crippen LogP contribution in [0.25, 0.3) is 6.08 Å². The standard InChI is InChI=1S/C20H13NO/c1-3-7-17-13(5-1)11-15-9-10-19-16(20(15)21-17)12-14-6-2-4-8-18(14)22-19/h1-10,12H,11H2. The molecule has 0 bridgehead atoms. The van der Waals surface area contributed by atoms with E-state index in [2.05, 4.69) is 42.5 Å². The topological polar surface area (TPSA) is 21.6 Å². The Morgan fingerprint density at radius 2 is 1.64 bits per heavy atom. The van der Waals surface area contributed by atoms with Crippen LogP contribution in [0.1, 0.15) is 16.7 Å². The van der Waals surface area contributed by atoms with Gasteiger partial charge in [-0.3, -0.25) is 0 Å². The van der Waals surface area contributed by atoms with E-state index in [0.717, 1.165) is 39.7 Å². The van der Waals surface area contributed by atoms with Crippen molar-refractivity contribution in [3.05, 3.63) is 87.9 Å². The lowest BCUT2D eigenvalue weighted by molar-refractivity contribution is 0.472. The number of para-hydroxylation sites is 2. The van der Waals surface area contributed by atoms with Crippen LogP contribution in [0, 0.1) is 0 Å². The fraction of sp³-hybridized carbons (Fsp3) is 0.0500. The van der Waals surface area contributed by atoms with Crippen molar-refractivity contribution in [2.24, 2.45) is 4.99 Å². The molecule has 2 heteroatoms. The molecule has 0 unspecified atom stereocenters. The zero-order valence-electron chi connectivity index (χ0n) is 11.9. The molecule has 0 spiro atoms. The van der Waals surface area contributed by atoms with E-state index in [-0.39, 0.29) is 0 Å². The van der Waals surface area contributed by atoms with Crippen molar-refractivity contribution < 1.29 is 4.74 Å². The van der Waals surface area contributed by atoms with Gasteiger partial charge < -0.3 is 4.74 Å². The van der Waals surface area contributed by atoms with E-state index in [1.54, 1.807) is 0 Å². The minimum atomic E-state index is 0.889. The molecule has 104 valence electrons. The van der Waals surface area contributed by atoms with E-state index in [0.29, 0.717) is 0 Å². The third kappa shape index (κ3) is 1.64. The van der Waals surface area contributed by atoms with Crippen molar-refractivity contribution in [1.29, 1.82) is 0 Å². The first kappa shape index (κ1) is 11.8. The van der Waals surface area contributed by atoms with Crippen LogP contribution in [-0.4, -0.2) is 0 Å². The number of rotatable bonds is 0. The maximum atomic E-state index is 6.04. The van der Waals surface area contributed by atoms with Gasteiger partial charge in [0.2, 0.25) is 0 Å². The van der Waals surface area contributed by atoms with E-state index >= 15 is 0 Å². The van der Waals surface area contributed by atoms with Crippen molar-refractivity contribution in [3.63, 3.8) is 0 Å². The lowest BCUT2D eigenvalue weighted by Gasteiger charge is -2.18. The molecule has 5 rings (SSSR count). The van der Waals surface area contributed by atoms with Gasteiger partial charge in [-0.05, 0) is 35.4 Å². The summed E-state index contributed by atoms with van der Waals surface area (Å²) in [6.07, 6.45) is 3.11. The first-order valence-corrected chi connectivity index (χ1v) is 7.46. The van der Waals surface area contributed by atoms with Crippen molar-refractivity contribution in [2.75, 3.05) is 0 Å². The lowest BCUT2D eigenvalue weighted by atomic mass is 9.97. The minimum Gasteiger partial charge on any atom is -0.456 e. The first-order valence-electron chi connectivity index (χ1n) is 7.46. The molecule has 0 aromatic heterocycles. The number of hydrogen-bond acceptors (Lipinski definition) is 2. The van der Waals surface area contributed by atoms with E-state index < -0.39 is 0 Å². The highest BCUT2D eigenvalue weighted by atomic mass is 16.5. The Kier molecular flexibility index (Phi) is 2.30. The normalized spacial score (nSPS) is 13.5. The molecule has 2 nitrogen and oxygen atoms in total. The Morgan fingerprint density at radius 1 is 0.773 bits per heavy atom. The molecule has 0 saturated heterocycles. The fourth-order valence-electron chi connectivity index (χ4n) is 3.20. The summed E-state index contributed by atoms with van der Waals surface area (Å²) in [7, 11) is 0. The summed E-state index contributed by atoms with van der Waals surface area (Å²) in [4.78, 5) is 4.88. The molecule has 0 fully saturated rings. The van der Waals surface area contributed by atoms with Crippen LogP contribution >= 0.6 is 0 Å². The second-order valence-corrected chi connectivity index (χ2v) is 5.69. The molecule has 0 aliphatic carbocycles. The van der Waals surface area contributed by atoms with E-state index in [1.165, 1.54) is 11.1 Å². The fourth-order valence-corrected chi connectivity index (χ4v) is 3.20. The minimum absolute atomic E-state index is 0.889. The summed E-state index contributed by atoms with van der Waals surface area (Å²) >= 11 is 0. The number of fused-ring (bicyclic) bond motifs is 5. The highest BCUT2D eigenvalue weighted by Crippen LogP contribution is 2.29. The summed E-state index contributed by atoms with van der Waals surface area (Å²) < 4.78 is 6.04. The van der Waals surface area contributed by atoms with Gasteiger partial charge in [0.25, 0.3) is 0 Å². The van der Waals surface area contributed by atoms with Gasteiger partial charge in [0.15, 0.2) is 0 Å². The van der Waals surface area contributed by atoms with Gasteiger partial charge in [-0.25, -0.2) is 4.99 Å². The number of ether oxygens (including phenoxy) is 1. The van der Waals surface area contributed by atoms with Gasteiger partial charge in [-0.2, -0.15) is 0 Å². The molecule has 0 saturated carbocycles. The van der Waals surface area contributed by atoms with E-state index in [1.807, 2.05) is 24.3 Å². The highest BCUT2D eigenvalue weighted by Gasteiger charge is 2.16. The molecule has 0 amide bonds. The maximum absolute atomic E-state index is 6.04. The van der Waals surface area contributed by atoms with Crippen molar-refractivity contribution in [3.8, 4) is 11.5 Å². The van der Waals surface area contributed by atoms with Crippen LogP contribution in [0.15, 0.2) is 65.7 Å². The predicted octanol–water partition coefficient (Wildman–Crippen LogP) is 3.48. The quantitative estimate of drug-likeness (QED) is 0.426. The monoisotopic (exact) mass is 283 g/mol. The molecule has 3 aromatic rings. The van der Waals surface area contributed by atoms with Crippen molar-refractivity contribution in [2.45, 2.75) is 6.42 Å². The zero-order chi connectivity index (χ0) is 14.5. The number of hydrogen-bond donors (Lipinski definition) is 0. The smallest absolute Gasteiger partial charge is 0.136 e. The molecular formula is C20H13NO. The Morgan fingerprint density at radius 3 is 2.64 bits per heavy atom. The molecular weight excluding hydrogens is 270 g/mol. The van der Waals surface area contributed by atoms with Gasteiger partial charge in [0.1, 0.15) is 11.5 Å². The highest BCUT2D eigenvalue weighted by molar-refractivity contribution is 5.64. The average molecular weight is 283 g/mol. The van der Waals surface area contributed by atoms with Gasteiger partial charge in [0.05, 0.1) is 11.0 Å². The van der Waals surface area contributed by atoms with E-state index in [4.69, 9.17) is 9.73 Å².